The Balaban J connectivity index is 1.29. The van der Waals surface area contributed by atoms with E-state index >= 15 is 0 Å². The smallest absolute Gasteiger partial charge is 0.351 e. The fourth-order valence-electron chi connectivity index (χ4n) is 4.28. The molecule has 5 rings (SSSR count). The molecule has 1 unspecified atom stereocenters. The fourth-order valence-corrected chi connectivity index (χ4v) is 4.41. The van der Waals surface area contributed by atoms with Gasteiger partial charge in [-0.2, -0.15) is 5.10 Å². The lowest BCUT2D eigenvalue weighted by molar-refractivity contribution is 0.0911. The van der Waals surface area contributed by atoms with Crippen LogP contribution in [0.5, 0.6) is 0 Å². The molecule has 4 heterocycles. The lowest BCUT2D eigenvalue weighted by Crippen LogP contribution is -2.47. The zero-order chi connectivity index (χ0) is 25.1. The van der Waals surface area contributed by atoms with E-state index in [4.69, 9.17) is 11.6 Å². The molecule has 1 aromatic carbocycles. The second-order valence-corrected chi connectivity index (χ2v) is 8.86. The minimum absolute atomic E-state index is 0.185. The first-order valence-corrected chi connectivity index (χ1v) is 12.1. The Hall–Kier alpha value is -4.05. The van der Waals surface area contributed by atoms with E-state index in [1.54, 1.807) is 48.9 Å². The number of hydrogen-bond acceptors (Lipinski definition) is 8. The van der Waals surface area contributed by atoms with Gasteiger partial charge in [-0.3, -0.25) is 4.79 Å². The van der Waals surface area contributed by atoms with Gasteiger partial charge < -0.3 is 9.80 Å². The van der Waals surface area contributed by atoms with Crippen LogP contribution in [0.25, 0.3) is 5.69 Å². The average Bonchev–Trinajstić information content (AvgIpc) is 3.31. The third-order valence-corrected chi connectivity index (χ3v) is 6.51. The first-order chi connectivity index (χ1) is 17.5. The normalized spacial score (nSPS) is 14.6. The van der Waals surface area contributed by atoms with Crippen molar-refractivity contribution in [3.05, 3.63) is 88.5 Å². The molecular weight excluding hydrogens is 480 g/mol. The van der Waals surface area contributed by atoms with Gasteiger partial charge in [0.25, 0.3) is 0 Å². The summed E-state index contributed by atoms with van der Waals surface area (Å²) >= 11 is 5.94. The number of hydrogen-bond donors (Lipinski definition) is 0. The third-order valence-electron chi connectivity index (χ3n) is 6.26. The van der Waals surface area contributed by atoms with Crippen molar-refractivity contribution in [1.82, 2.24) is 29.3 Å². The highest BCUT2D eigenvalue weighted by atomic mass is 35.5. The third kappa shape index (κ3) is 4.72. The summed E-state index contributed by atoms with van der Waals surface area (Å²) in [5, 5.41) is 4.79. The number of carbonyl (C=O) groups excluding carboxylic acids is 1. The van der Waals surface area contributed by atoms with Crippen molar-refractivity contribution in [3.8, 4) is 5.69 Å². The van der Waals surface area contributed by atoms with Gasteiger partial charge in [0, 0.05) is 49.2 Å². The Morgan fingerprint density at radius 1 is 0.972 bits per heavy atom. The number of halogens is 1. The molecule has 1 saturated heterocycles. The molecule has 0 radical (unpaired) electrons. The molecule has 0 saturated carbocycles. The zero-order valence-electron chi connectivity index (χ0n) is 19.7. The molecule has 1 atom stereocenters. The van der Waals surface area contributed by atoms with Gasteiger partial charge in [-0.15, -0.1) is 0 Å². The molecule has 0 aliphatic carbocycles. The largest absolute Gasteiger partial charge is 0.353 e. The van der Waals surface area contributed by atoms with Crippen molar-refractivity contribution >= 4 is 29.2 Å². The maximum Gasteiger partial charge on any atom is 0.351 e. The number of rotatable bonds is 7. The van der Waals surface area contributed by atoms with Crippen LogP contribution in [-0.4, -0.2) is 61.3 Å². The monoisotopic (exact) mass is 504 g/mol. The minimum atomic E-state index is -0.711. The summed E-state index contributed by atoms with van der Waals surface area (Å²) in [5.41, 5.74) is 0.674. The van der Waals surface area contributed by atoms with E-state index in [0.717, 1.165) is 37.9 Å². The van der Waals surface area contributed by atoms with Crippen LogP contribution in [0.1, 0.15) is 29.7 Å². The molecule has 0 spiro atoms. The van der Waals surface area contributed by atoms with Gasteiger partial charge in [-0.1, -0.05) is 18.5 Å². The number of anilines is 2. The van der Waals surface area contributed by atoms with Gasteiger partial charge in [0.2, 0.25) is 5.95 Å². The zero-order valence-corrected chi connectivity index (χ0v) is 20.5. The van der Waals surface area contributed by atoms with Crippen LogP contribution in [0.2, 0.25) is 5.02 Å². The van der Waals surface area contributed by atoms with Gasteiger partial charge in [0.05, 0.1) is 11.9 Å². The topological polar surface area (TPSA) is 102 Å². The molecule has 1 aliphatic rings. The van der Waals surface area contributed by atoms with E-state index in [9.17, 15) is 9.59 Å². The van der Waals surface area contributed by atoms with Gasteiger partial charge >= 0.3 is 5.69 Å². The van der Waals surface area contributed by atoms with Crippen molar-refractivity contribution in [3.63, 3.8) is 0 Å². The van der Waals surface area contributed by atoms with Gasteiger partial charge in [0.15, 0.2) is 5.78 Å². The Bertz CT molecular complexity index is 1380. The highest BCUT2D eigenvalue weighted by Crippen LogP contribution is 2.20. The highest BCUT2D eigenvalue weighted by Gasteiger charge is 2.25. The minimum Gasteiger partial charge on any atom is -0.353 e. The second-order valence-electron chi connectivity index (χ2n) is 8.42. The number of nitrogens with zero attached hydrogens (tertiary/aromatic N) is 8. The predicted octanol–water partition coefficient (Wildman–Crippen LogP) is 3.03. The first kappa shape index (κ1) is 23.7. The Labute approximate surface area is 212 Å². The van der Waals surface area contributed by atoms with Crippen LogP contribution in [0.3, 0.4) is 0 Å². The Morgan fingerprint density at radius 2 is 1.67 bits per heavy atom. The van der Waals surface area contributed by atoms with Crippen LogP contribution >= 0.6 is 11.6 Å². The standard InChI is InChI=1S/C25H25ClN8O2/c1-2-21(23(35)18-4-6-19(26)7-5-18)34-25(36)33(17-30-34)20-8-9-22(29-16-20)31-12-14-32(15-13-31)24-27-10-3-11-28-24/h3-11,16-17,21H,2,12-15H2,1H3. The molecule has 0 N–H and O–H groups in total. The summed E-state index contributed by atoms with van der Waals surface area (Å²) < 4.78 is 2.63. The number of ketones is 1. The maximum absolute atomic E-state index is 13.2. The molecule has 1 fully saturated rings. The Kier molecular flexibility index (Phi) is 6.77. The SMILES string of the molecule is CCC(C(=O)c1ccc(Cl)cc1)n1ncn(-c2ccc(N3CCN(c4ncccn4)CC3)nc2)c1=O. The van der Waals surface area contributed by atoms with E-state index in [1.807, 2.05) is 19.1 Å². The predicted molar refractivity (Wildman–Crippen MR) is 137 cm³/mol. The lowest BCUT2D eigenvalue weighted by atomic mass is 10.0. The summed E-state index contributed by atoms with van der Waals surface area (Å²) in [6.07, 6.45) is 6.99. The van der Waals surface area contributed by atoms with E-state index in [1.165, 1.54) is 15.6 Å². The van der Waals surface area contributed by atoms with Crippen LogP contribution in [0.15, 0.2) is 72.2 Å². The van der Waals surface area contributed by atoms with Crippen LogP contribution < -0.4 is 15.5 Å². The molecule has 4 aromatic rings. The molecule has 36 heavy (non-hydrogen) atoms. The molecular formula is C25H25ClN8O2. The van der Waals surface area contributed by atoms with E-state index in [0.29, 0.717) is 22.7 Å². The van der Waals surface area contributed by atoms with Crippen molar-refractivity contribution in [2.24, 2.45) is 0 Å². The summed E-state index contributed by atoms with van der Waals surface area (Å²) in [5.74, 6) is 1.38. The second kappa shape index (κ2) is 10.3. The van der Waals surface area contributed by atoms with Crippen LogP contribution in [-0.2, 0) is 0 Å². The first-order valence-electron chi connectivity index (χ1n) is 11.7. The molecule has 0 bridgehead atoms. The molecule has 0 amide bonds. The number of pyridine rings is 1. The van der Waals surface area contributed by atoms with E-state index in [-0.39, 0.29) is 5.78 Å². The lowest BCUT2D eigenvalue weighted by Gasteiger charge is -2.35. The number of Topliss-reactive ketones (excluding diaryl/α,β-unsaturated/α-hetero) is 1. The summed E-state index contributed by atoms with van der Waals surface area (Å²) in [6, 6.07) is 11.5. The maximum atomic E-state index is 13.2. The van der Waals surface area contributed by atoms with Gasteiger partial charge in [0.1, 0.15) is 18.2 Å². The van der Waals surface area contributed by atoms with Gasteiger partial charge in [-0.05, 0) is 48.9 Å². The molecule has 3 aromatic heterocycles. The van der Waals surface area contributed by atoms with E-state index < -0.39 is 11.7 Å². The molecule has 184 valence electrons. The molecule has 1 aliphatic heterocycles. The summed E-state index contributed by atoms with van der Waals surface area (Å²) in [7, 11) is 0. The Morgan fingerprint density at radius 3 is 2.31 bits per heavy atom. The number of carbonyl (C=O) groups is 1. The summed E-state index contributed by atoms with van der Waals surface area (Å²) in [6.45, 7) is 5.00. The van der Waals surface area contributed by atoms with Crippen LogP contribution in [0.4, 0.5) is 11.8 Å². The van der Waals surface area contributed by atoms with Crippen molar-refractivity contribution in [2.45, 2.75) is 19.4 Å². The van der Waals surface area contributed by atoms with E-state index in [2.05, 4.69) is 29.9 Å². The number of piperazine rings is 1. The number of aromatic nitrogens is 6. The highest BCUT2D eigenvalue weighted by molar-refractivity contribution is 6.30. The van der Waals surface area contributed by atoms with Crippen LogP contribution in [0, 0.1) is 0 Å². The number of benzene rings is 1. The molecule has 11 heteroatoms. The van der Waals surface area contributed by atoms with Crippen molar-refractivity contribution in [2.75, 3.05) is 36.0 Å². The summed E-state index contributed by atoms with van der Waals surface area (Å²) in [4.78, 5) is 43.7. The molecule has 10 nitrogen and oxygen atoms in total. The van der Waals surface area contributed by atoms with Gasteiger partial charge in [-0.25, -0.2) is 29.0 Å². The fraction of sp³-hybridized carbons (Fsp3) is 0.280. The quantitative estimate of drug-likeness (QED) is 0.354. The van der Waals surface area contributed by atoms with Crippen molar-refractivity contribution < 1.29 is 4.79 Å². The average molecular weight is 505 g/mol. The van der Waals surface area contributed by atoms with Crippen molar-refractivity contribution in [1.29, 1.82) is 0 Å².